The van der Waals surface area contributed by atoms with E-state index in [0.717, 1.165) is 17.5 Å². The van der Waals surface area contributed by atoms with Gasteiger partial charge in [0.15, 0.2) is 5.52 Å². The molecular formula is C14H13N3O2. The van der Waals surface area contributed by atoms with E-state index in [2.05, 4.69) is 40.5 Å². The molecule has 0 aliphatic heterocycles. The molecule has 0 aliphatic carbocycles. The average molecular weight is 255 g/mol. The van der Waals surface area contributed by atoms with Crippen molar-refractivity contribution < 1.29 is 4.52 Å². The van der Waals surface area contributed by atoms with Crippen LogP contribution < -0.4 is 5.56 Å². The monoisotopic (exact) mass is 255 g/mol. The minimum Gasteiger partial charge on any atom is -0.363 e. The Labute approximate surface area is 109 Å². The van der Waals surface area contributed by atoms with Crippen molar-refractivity contribution in [2.24, 2.45) is 0 Å². The second kappa shape index (κ2) is 4.35. The van der Waals surface area contributed by atoms with Gasteiger partial charge in [-0.1, -0.05) is 29.8 Å². The Bertz CT molecular complexity index is 802. The zero-order valence-corrected chi connectivity index (χ0v) is 10.7. The van der Waals surface area contributed by atoms with Gasteiger partial charge in [-0.15, -0.1) is 0 Å². The number of nitrogens with one attached hydrogen (secondary N) is 1. The number of aromatic amines is 1. The Morgan fingerprint density at radius 1 is 1.37 bits per heavy atom. The van der Waals surface area contributed by atoms with Crippen LogP contribution in [0.5, 0.6) is 0 Å². The summed E-state index contributed by atoms with van der Waals surface area (Å²) in [6.07, 6.45) is 2.36. The maximum Gasteiger partial charge on any atom is 0.294 e. The number of hydrogen-bond acceptors (Lipinski definition) is 4. The third-order valence-corrected chi connectivity index (χ3v) is 3.21. The lowest BCUT2D eigenvalue weighted by atomic mass is 9.98. The quantitative estimate of drug-likeness (QED) is 0.763. The topological polar surface area (TPSA) is 71.8 Å². The largest absolute Gasteiger partial charge is 0.363 e. The summed E-state index contributed by atoms with van der Waals surface area (Å²) >= 11 is 0. The predicted molar refractivity (Wildman–Crippen MR) is 72.0 cm³/mol. The predicted octanol–water partition coefficient (Wildman–Crippen LogP) is 2.45. The number of fused-ring (bicyclic) bond motifs is 1. The summed E-state index contributed by atoms with van der Waals surface area (Å²) in [4.78, 5) is 11.6. The fourth-order valence-electron chi connectivity index (χ4n) is 2.21. The molecule has 0 saturated heterocycles. The number of hydrogen-bond donors (Lipinski definition) is 1. The summed E-state index contributed by atoms with van der Waals surface area (Å²) in [6.45, 7) is 4.12. The van der Waals surface area contributed by atoms with Crippen molar-refractivity contribution in [1.29, 1.82) is 0 Å². The van der Waals surface area contributed by atoms with Gasteiger partial charge in [0.05, 0.1) is 5.39 Å². The summed E-state index contributed by atoms with van der Waals surface area (Å²) < 4.78 is 4.90. The Balaban J connectivity index is 2.36. The molecule has 96 valence electrons. The Hall–Kier alpha value is -2.43. The molecule has 0 aliphatic rings. The van der Waals surface area contributed by atoms with Gasteiger partial charge in [0.25, 0.3) is 5.56 Å². The van der Waals surface area contributed by atoms with Gasteiger partial charge < -0.3 is 4.52 Å². The summed E-state index contributed by atoms with van der Waals surface area (Å²) in [5.41, 5.74) is 3.98. The van der Waals surface area contributed by atoms with Crippen molar-refractivity contribution in [2.45, 2.75) is 20.3 Å². The summed E-state index contributed by atoms with van der Waals surface area (Å²) in [6, 6.07) is 6.21. The molecule has 0 bridgehead atoms. The molecule has 19 heavy (non-hydrogen) atoms. The molecule has 1 aromatic carbocycles. The van der Waals surface area contributed by atoms with Crippen LogP contribution in [0.2, 0.25) is 0 Å². The van der Waals surface area contributed by atoms with Crippen LogP contribution in [0.1, 0.15) is 18.1 Å². The highest BCUT2D eigenvalue weighted by atomic mass is 16.5. The minimum atomic E-state index is -0.335. The number of aryl methyl sites for hydroxylation is 2. The van der Waals surface area contributed by atoms with E-state index in [1.54, 1.807) is 0 Å². The van der Waals surface area contributed by atoms with Crippen molar-refractivity contribution in [1.82, 2.24) is 15.4 Å². The van der Waals surface area contributed by atoms with Crippen LogP contribution in [0.25, 0.3) is 22.2 Å². The first-order valence-corrected chi connectivity index (χ1v) is 6.13. The molecule has 0 fully saturated rings. The van der Waals surface area contributed by atoms with Crippen molar-refractivity contribution >= 4 is 10.9 Å². The molecule has 1 N–H and O–H groups in total. The molecule has 0 radical (unpaired) electrons. The van der Waals surface area contributed by atoms with E-state index in [9.17, 15) is 4.79 Å². The third-order valence-electron chi connectivity index (χ3n) is 3.21. The summed E-state index contributed by atoms with van der Waals surface area (Å²) in [5.74, 6) is 0. The standard InChI is InChI=1S/C14H13N3O2/c1-3-9-5-4-8(2)6-10(9)12-11-7-19-17-13(11)14(18)16-15-12/h4-7H,3H2,1-2H3,(H,16,18). The number of aromatic nitrogens is 3. The Kier molecular flexibility index (Phi) is 2.67. The molecule has 5 heteroatoms. The van der Waals surface area contributed by atoms with Crippen LogP contribution in [-0.4, -0.2) is 15.4 Å². The van der Waals surface area contributed by atoms with E-state index in [-0.39, 0.29) is 11.1 Å². The SMILES string of the molecule is CCc1ccc(C)cc1-c1n[nH]c(=O)c2nocc12. The third kappa shape index (κ3) is 1.83. The molecule has 5 nitrogen and oxygen atoms in total. The highest BCUT2D eigenvalue weighted by Crippen LogP contribution is 2.28. The van der Waals surface area contributed by atoms with E-state index in [0.29, 0.717) is 11.1 Å². The number of benzene rings is 1. The van der Waals surface area contributed by atoms with Gasteiger partial charge in [-0.05, 0) is 25.0 Å². The second-order valence-electron chi connectivity index (χ2n) is 4.49. The number of nitrogens with zero attached hydrogens (tertiary/aromatic N) is 2. The Morgan fingerprint density at radius 2 is 2.21 bits per heavy atom. The summed E-state index contributed by atoms with van der Waals surface area (Å²) in [5, 5.41) is 11.0. The van der Waals surface area contributed by atoms with Crippen LogP contribution in [0.15, 0.2) is 33.8 Å². The first kappa shape index (κ1) is 11.6. The van der Waals surface area contributed by atoms with Gasteiger partial charge >= 0.3 is 0 Å². The zero-order valence-electron chi connectivity index (χ0n) is 10.7. The highest BCUT2D eigenvalue weighted by molar-refractivity contribution is 5.91. The highest BCUT2D eigenvalue weighted by Gasteiger charge is 2.14. The molecule has 0 unspecified atom stereocenters. The van der Waals surface area contributed by atoms with Gasteiger partial charge in [0, 0.05) is 5.56 Å². The van der Waals surface area contributed by atoms with Crippen LogP contribution >= 0.6 is 0 Å². The summed E-state index contributed by atoms with van der Waals surface area (Å²) in [7, 11) is 0. The number of H-pyrrole nitrogens is 1. The van der Waals surface area contributed by atoms with Gasteiger partial charge in [0.2, 0.25) is 0 Å². The zero-order chi connectivity index (χ0) is 13.4. The minimum absolute atomic E-state index is 0.286. The van der Waals surface area contributed by atoms with Crippen LogP contribution in [0, 0.1) is 6.92 Å². The fourth-order valence-corrected chi connectivity index (χ4v) is 2.21. The second-order valence-corrected chi connectivity index (χ2v) is 4.49. The maximum atomic E-state index is 11.6. The fraction of sp³-hybridized carbons (Fsp3) is 0.214. The van der Waals surface area contributed by atoms with E-state index < -0.39 is 0 Å². The average Bonchev–Trinajstić information content (AvgIpc) is 2.89. The maximum absolute atomic E-state index is 11.6. The van der Waals surface area contributed by atoms with Crippen LogP contribution in [0.3, 0.4) is 0 Å². The molecule has 0 atom stereocenters. The lowest BCUT2D eigenvalue weighted by Gasteiger charge is -2.08. The van der Waals surface area contributed by atoms with Gasteiger partial charge in [-0.2, -0.15) is 5.10 Å². The molecule has 3 aromatic rings. The van der Waals surface area contributed by atoms with E-state index in [1.165, 1.54) is 11.8 Å². The van der Waals surface area contributed by atoms with E-state index >= 15 is 0 Å². The first-order chi connectivity index (χ1) is 9.20. The first-order valence-electron chi connectivity index (χ1n) is 6.13. The molecule has 3 rings (SSSR count). The normalized spacial score (nSPS) is 11.1. The van der Waals surface area contributed by atoms with Crippen molar-refractivity contribution in [2.75, 3.05) is 0 Å². The molecule has 2 heterocycles. The molecule has 0 saturated carbocycles. The smallest absolute Gasteiger partial charge is 0.294 e. The molecule has 0 spiro atoms. The van der Waals surface area contributed by atoms with E-state index in [4.69, 9.17) is 4.52 Å². The van der Waals surface area contributed by atoms with Crippen molar-refractivity contribution in [3.8, 4) is 11.3 Å². The van der Waals surface area contributed by atoms with Gasteiger partial charge in [-0.25, -0.2) is 5.10 Å². The molecule has 0 amide bonds. The lowest BCUT2D eigenvalue weighted by molar-refractivity contribution is 0.428. The van der Waals surface area contributed by atoms with E-state index in [1.807, 2.05) is 6.92 Å². The number of rotatable bonds is 2. The Morgan fingerprint density at radius 3 is 3.00 bits per heavy atom. The lowest BCUT2D eigenvalue weighted by Crippen LogP contribution is -2.09. The van der Waals surface area contributed by atoms with Crippen molar-refractivity contribution in [3.63, 3.8) is 0 Å². The van der Waals surface area contributed by atoms with Crippen molar-refractivity contribution in [3.05, 3.63) is 45.9 Å². The van der Waals surface area contributed by atoms with Gasteiger partial charge in [-0.3, -0.25) is 4.79 Å². The molecular weight excluding hydrogens is 242 g/mol. The van der Waals surface area contributed by atoms with Crippen LogP contribution in [-0.2, 0) is 6.42 Å². The van der Waals surface area contributed by atoms with Crippen LogP contribution in [0.4, 0.5) is 0 Å². The van der Waals surface area contributed by atoms with Gasteiger partial charge in [0.1, 0.15) is 12.0 Å². The molecule has 2 aromatic heterocycles.